The van der Waals surface area contributed by atoms with E-state index in [1.807, 2.05) is 48.8 Å². The highest BCUT2D eigenvalue weighted by molar-refractivity contribution is 6.22. The number of fused-ring (bicyclic) bond motifs is 2. The number of nitrogens with zero attached hydrogens (tertiary/aromatic N) is 3. The van der Waals surface area contributed by atoms with E-state index in [-0.39, 0.29) is 0 Å². The lowest BCUT2D eigenvalue weighted by atomic mass is 9.85. The Morgan fingerprint density at radius 1 is 0.295 bits per heavy atom. The fraction of sp³-hybridized carbons (Fsp3) is 0. The van der Waals surface area contributed by atoms with Crippen LogP contribution in [0.2, 0.25) is 0 Å². The minimum absolute atomic E-state index is 0.815. The maximum Gasteiger partial charge on any atom is 0.0900 e. The molecule has 0 atom stereocenters. The number of benzene rings is 5. The number of hydrogen-bond donors (Lipinski definition) is 0. The molecule has 0 radical (unpaired) electrons. The van der Waals surface area contributed by atoms with Gasteiger partial charge in [-0.3, -0.25) is 9.97 Å². The van der Waals surface area contributed by atoms with E-state index >= 15 is 0 Å². The first-order chi connectivity index (χ1) is 21.8. The van der Waals surface area contributed by atoms with E-state index in [9.17, 15) is 0 Å². The molecule has 3 heteroatoms. The van der Waals surface area contributed by atoms with Gasteiger partial charge in [0, 0.05) is 12.4 Å². The monoisotopic (exact) mass is 561 g/mol. The standard InChI is InChI=1S/C41H27N3/c1-3-13-28(14-4-1)40-32-17-7-8-18-33(32)41(29-15-5-2-6-16-29)35-25-30(21-22-34(35)40)31-26-38(36-19-9-11-23-42-36)44-39(27-31)37-20-10-12-24-43-37/h1-27H. The Kier molecular flexibility index (Phi) is 6.47. The summed E-state index contributed by atoms with van der Waals surface area (Å²) in [6.07, 6.45) is 3.62. The molecule has 0 saturated heterocycles. The fourth-order valence-electron chi connectivity index (χ4n) is 6.18. The molecular weight excluding hydrogens is 534 g/mol. The number of aromatic nitrogens is 3. The van der Waals surface area contributed by atoms with Gasteiger partial charge in [-0.05, 0) is 97.4 Å². The molecule has 5 aromatic carbocycles. The molecule has 0 aliphatic rings. The summed E-state index contributed by atoms with van der Waals surface area (Å²) in [6, 6.07) is 53.2. The summed E-state index contributed by atoms with van der Waals surface area (Å²) in [6.45, 7) is 0. The molecule has 0 aliphatic heterocycles. The van der Waals surface area contributed by atoms with Crippen LogP contribution in [0.1, 0.15) is 0 Å². The van der Waals surface area contributed by atoms with Gasteiger partial charge in [-0.15, -0.1) is 0 Å². The highest BCUT2D eigenvalue weighted by atomic mass is 14.8. The average molecular weight is 562 g/mol. The van der Waals surface area contributed by atoms with Crippen LogP contribution in [-0.4, -0.2) is 15.0 Å². The van der Waals surface area contributed by atoms with Gasteiger partial charge in [-0.25, -0.2) is 4.98 Å². The van der Waals surface area contributed by atoms with E-state index in [0.29, 0.717) is 0 Å². The van der Waals surface area contributed by atoms with E-state index in [2.05, 4.69) is 125 Å². The van der Waals surface area contributed by atoms with Crippen LogP contribution in [0.4, 0.5) is 0 Å². The third-order valence-electron chi connectivity index (χ3n) is 8.16. The Morgan fingerprint density at radius 3 is 1.30 bits per heavy atom. The molecule has 0 fully saturated rings. The normalized spacial score (nSPS) is 11.2. The van der Waals surface area contributed by atoms with Crippen LogP contribution in [-0.2, 0) is 0 Å². The summed E-state index contributed by atoms with van der Waals surface area (Å²) in [5, 5.41) is 4.92. The van der Waals surface area contributed by atoms with E-state index in [1.54, 1.807) is 0 Å². The minimum atomic E-state index is 0.815. The quantitative estimate of drug-likeness (QED) is 0.196. The Labute approximate surface area is 256 Å². The van der Waals surface area contributed by atoms with Crippen molar-refractivity contribution < 1.29 is 0 Å². The smallest absolute Gasteiger partial charge is 0.0900 e. The van der Waals surface area contributed by atoms with Crippen LogP contribution >= 0.6 is 0 Å². The predicted octanol–water partition coefficient (Wildman–Crippen LogP) is 10.5. The van der Waals surface area contributed by atoms with Crippen molar-refractivity contribution in [1.82, 2.24) is 15.0 Å². The highest BCUT2D eigenvalue weighted by Crippen LogP contribution is 2.45. The van der Waals surface area contributed by atoms with Gasteiger partial charge in [0.2, 0.25) is 0 Å². The molecule has 0 unspecified atom stereocenters. The molecule has 0 bridgehead atoms. The zero-order chi connectivity index (χ0) is 29.3. The fourth-order valence-corrected chi connectivity index (χ4v) is 6.18. The molecule has 3 nitrogen and oxygen atoms in total. The molecule has 8 rings (SSSR count). The molecule has 3 aromatic heterocycles. The predicted molar refractivity (Wildman–Crippen MR) is 182 cm³/mol. The second kappa shape index (κ2) is 11.0. The molecular formula is C41H27N3. The summed E-state index contributed by atoms with van der Waals surface area (Å²) < 4.78 is 0. The zero-order valence-corrected chi connectivity index (χ0v) is 23.9. The van der Waals surface area contributed by atoms with Gasteiger partial charge in [-0.2, -0.15) is 0 Å². The van der Waals surface area contributed by atoms with Gasteiger partial charge < -0.3 is 0 Å². The Balaban J connectivity index is 1.44. The maximum absolute atomic E-state index is 5.00. The number of rotatable bonds is 5. The first-order valence-corrected chi connectivity index (χ1v) is 14.8. The minimum Gasteiger partial charge on any atom is -0.255 e. The van der Waals surface area contributed by atoms with Crippen LogP contribution in [0.5, 0.6) is 0 Å². The maximum atomic E-state index is 5.00. The molecule has 44 heavy (non-hydrogen) atoms. The van der Waals surface area contributed by atoms with Crippen molar-refractivity contribution in [1.29, 1.82) is 0 Å². The summed E-state index contributed by atoms with van der Waals surface area (Å²) in [5.41, 5.74) is 10.4. The highest BCUT2D eigenvalue weighted by Gasteiger charge is 2.18. The lowest BCUT2D eigenvalue weighted by Crippen LogP contribution is -1.95. The molecule has 0 amide bonds. The lowest BCUT2D eigenvalue weighted by Gasteiger charge is -2.19. The van der Waals surface area contributed by atoms with Gasteiger partial charge in [-0.1, -0.05) is 109 Å². The Hall–Kier alpha value is -5.93. The van der Waals surface area contributed by atoms with Crippen molar-refractivity contribution >= 4 is 21.5 Å². The van der Waals surface area contributed by atoms with Crippen LogP contribution in [0, 0.1) is 0 Å². The van der Waals surface area contributed by atoms with Gasteiger partial charge in [0.05, 0.1) is 22.8 Å². The summed E-state index contributed by atoms with van der Waals surface area (Å²) in [4.78, 5) is 14.2. The molecule has 206 valence electrons. The molecule has 0 N–H and O–H groups in total. The largest absolute Gasteiger partial charge is 0.255 e. The second-order valence-electron chi connectivity index (χ2n) is 10.8. The molecule has 0 aliphatic carbocycles. The first-order valence-electron chi connectivity index (χ1n) is 14.8. The molecule has 8 aromatic rings. The number of hydrogen-bond acceptors (Lipinski definition) is 3. The van der Waals surface area contributed by atoms with Gasteiger partial charge in [0.25, 0.3) is 0 Å². The van der Waals surface area contributed by atoms with E-state index < -0.39 is 0 Å². The summed E-state index contributed by atoms with van der Waals surface area (Å²) >= 11 is 0. The van der Waals surface area contributed by atoms with Crippen molar-refractivity contribution in [3.63, 3.8) is 0 Å². The second-order valence-corrected chi connectivity index (χ2v) is 10.8. The van der Waals surface area contributed by atoms with Crippen molar-refractivity contribution in [2.75, 3.05) is 0 Å². The lowest BCUT2D eigenvalue weighted by molar-refractivity contribution is 1.22. The SMILES string of the molecule is c1ccc(-c2c3ccccc3c(-c3ccccc3)c3cc(-c4cc(-c5ccccn5)nc(-c5ccccn5)c4)ccc23)cc1. The van der Waals surface area contributed by atoms with Crippen molar-refractivity contribution in [3.8, 4) is 56.2 Å². The van der Waals surface area contributed by atoms with Gasteiger partial charge in [0.15, 0.2) is 0 Å². The average Bonchev–Trinajstić information content (AvgIpc) is 3.11. The van der Waals surface area contributed by atoms with Crippen LogP contribution in [0.25, 0.3) is 77.7 Å². The molecule has 3 heterocycles. The van der Waals surface area contributed by atoms with Crippen molar-refractivity contribution in [2.24, 2.45) is 0 Å². The Bertz CT molecular complexity index is 2190. The van der Waals surface area contributed by atoms with Crippen LogP contribution in [0.3, 0.4) is 0 Å². The van der Waals surface area contributed by atoms with Crippen molar-refractivity contribution in [3.05, 3.63) is 164 Å². The van der Waals surface area contributed by atoms with E-state index in [4.69, 9.17) is 4.98 Å². The van der Waals surface area contributed by atoms with Crippen LogP contribution in [0.15, 0.2) is 164 Å². The molecule has 0 saturated carbocycles. The van der Waals surface area contributed by atoms with E-state index in [0.717, 1.165) is 33.9 Å². The van der Waals surface area contributed by atoms with Crippen molar-refractivity contribution in [2.45, 2.75) is 0 Å². The summed E-state index contributed by atoms with van der Waals surface area (Å²) in [5.74, 6) is 0. The topological polar surface area (TPSA) is 38.7 Å². The number of pyridine rings is 3. The Morgan fingerprint density at radius 2 is 0.773 bits per heavy atom. The van der Waals surface area contributed by atoms with Gasteiger partial charge >= 0.3 is 0 Å². The zero-order valence-electron chi connectivity index (χ0n) is 23.9. The summed E-state index contributed by atoms with van der Waals surface area (Å²) in [7, 11) is 0. The molecule has 0 spiro atoms. The third-order valence-corrected chi connectivity index (χ3v) is 8.16. The van der Waals surface area contributed by atoms with Gasteiger partial charge in [0.1, 0.15) is 0 Å². The van der Waals surface area contributed by atoms with Crippen LogP contribution < -0.4 is 0 Å². The van der Waals surface area contributed by atoms with E-state index in [1.165, 1.54) is 43.8 Å². The first kappa shape index (κ1) is 25.8. The third kappa shape index (κ3) is 4.61.